The highest BCUT2D eigenvalue weighted by Gasteiger charge is 2.06. The van der Waals surface area contributed by atoms with Gasteiger partial charge in [-0.05, 0) is 52.7 Å². The van der Waals surface area contributed by atoms with Crippen molar-refractivity contribution in [3.63, 3.8) is 0 Å². The molecule has 0 spiro atoms. The van der Waals surface area contributed by atoms with Gasteiger partial charge in [0.1, 0.15) is 4.60 Å². The van der Waals surface area contributed by atoms with Gasteiger partial charge >= 0.3 is 0 Å². The van der Waals surface area contributed by atoms with Crippen molar-refractivity contribution in [3.8, 4) is 0 Å². The van der Waals surface area contributed by atoms with Gasteiger partial charge in [-0.15, -0.1) is 0 Å². The van der Waals surface area contributed by atoms with Crippen LogP contribution in [0.1, 0.15) is 15.9 Å². The van der Waals surface area contributed by atoms with Crippen molar-refractivity contribution in [1.29, 1.82) is 0 Å². The van der Waals surface area contributed by atoms with Crippen LogP contribution in [0.15, 0.2) is 47.2 Å². The Hall–Kier alpha value is -1.68. The van der Waals surface area contributed by atoms with Gasteiger partial charge in [0.2, 0.25) is 0 Å². The largest absolute Gasteiger partial charge is 0.322 e. The Morgan fingerprint density at radius 3 is 2.82 bits per heavy atom. The maximum Gasteiger partial charge on any atom is 0.255 e. The lowest BCUT2D eigenvalue weighted by molar-refractivity contribution is 0.102. The highest BCUT2D eigenvalue weighted by molar-refractivity contribution is 9.10. The highest BCUT2D eigenvalue weighted by atomic mass is 79.9. The van der Waals surface area contributed by atoms with Gasteiger partial charge in [-0.25, -0.2) is 4.98 Å². The normalized spacial score (nSPS) is 10.0. The molecule has 0 aliphatic rings. The number of benzene rings is 1. The van der Waals surface area contributed by atoms with Crippen molar-refractivity contribution in [2.24, 2.45) is 0 Å². The summed E-state index contributed by atoms with van der Waals surface area (Å²) in [5, 5.41) is 2.84. The Morgan fingerprint density at radius 1 is 1.29 bits per heavy atom. The van der Waals surface area contributed by atoms with E-state index in [0.29, 0.717) is 10.2 Å². The Labute approximate surface area is 108 Å². The Balaban J connectivity index is 2.17. The van der Waals surface area contributed by atoms with Crippen LogP contribution in [0.3, 0.4) is 0 Å². The predicted octanol–water partition coefficient (Wildman–Crippen LogP) is 3.40. The number of aryl methyl sites for hydroxylation is 1. The molecule has 0 unspecified atom stereocenters. The van der Waals surface area contributed by atoms with Crippen LogP contribution in [0.25, 0.3) is 0 Å². The number of rotatable bonds is 2. The molecule has 0 fully saturated rings. The first-order chi connectivity index (χ1) is 8.15. The van der Waals surface area contributed by atoms with Crippen LogP contribution in [-0.4, -0.2) is 10.9 Å². The van der Waals surface area contributed by atoms with E-state index in [0.717, 1.165) is 11.3 Å². The lowest BCUT2D eigenvalue weighted by atomic mass is 10.2. The van der Waals surface area contributed by atoms with Crippen LogP contribution in [0, 0.1) is 6.92 Å². The number of carbonyl (C=O) groups is 1. The first kappa shape index (κ1) is 11.8. The maximum atomic E-state index is 11.9. The standard InChI is InChI=1S/C13H11BrN2O/c1-9-3-2-4-11(7-9)16-13(17)10-5-6-15-12(14)8-10/h2-8H,1H3,(H,16,17). The first-order valence-corrected chi connectivity index (χ1v) is 5.94. The van der Waals surface area contributed by atoms with Crippen molar-refractivity contribution in [2.75, 3.05) is 5.32 Å². The monoisotopic (exact) mass is 290 g/mol. The molecular formula is C13H11BrN2O. The van der Waals surface area contributed by atoms with Crippen molar-refractivity contribution < 1.29 is 4.79 Å². The number of amides is 1. The van der Waals surface area contributed by atoms with Crippen molar-refractivity contribution >= 4 is 27.5 Å². The Kier molecular flexibility index (Phi) is 3.54. The molecule has 0 atom stereocenters. The van der Waals surface area contributed by atoms with Crippen LogP contribution in [0.5, 0.6) is 0 Å². The molecule has 0 saturated heterocycles. The van der Waals surface area contributed by atoms with Crippen molar-refractivity contribution in [1.82, 2.24) is 4.98 Å². The summed E-state index contributed by atoms with van der Waals surface area (Å²) in [5.41, 5.74) is 2.48. The molecule has 1 amide bonds. The number of nitrogens with one attached hydrogen (secondary N) is 1. The van der Waals surface area contributed by atoms with Gasteiger partial charge in [0.15, 0.2) is 0 Å². The molecule has 3 nitrogen and oxygen atoms in total. The van der Waals surface area contributed by atoms with Gasteiger partial charge in [0.05, 0.1) is 0 Å². The molecule has 1 heterocycles. The quantitative estimate of drug-likeness (QED) is 0.862. The van der Waals surface area contributed by atoms with Gasteiger partial charge in [-0.3, -0.25) is 4.79 Å². The predicted molar refractivity (Wildman–Crippen MR) is 71.1 cm³/mol. The summed E-state index contributed by atoms with van der Waals surface area (Å²) < 4.78 is 0.648. The molecule has 0 aliphatic heterocycles. The van der Waals surface area contributed by atoms with E-state index in [4.69, 9.17) is 0 Å². The SMILES string of the molecule is Cc1cccc(NC(=O)c2ccnc(Br)c2)c1. The number of carbonyl (C=O) groups excluding carboxylic acids is 1. The van der Waals surface area contributed by atoms with Crippen molar-refractivity contribution in [2.45, 2.75) is 6.92 Å². The third kappa shape index (κ3) is 3.14. The minimum Gasteiger partial charge on any atom is -0.322 e. The average Bonchev–Trinajstić information content (AvgIpc) is 2.29. The maximum absolute atomic E-state index is 11.9. The zero-order valence-electron chi connectivity index (χ0n) is 9.27. The van der Waals surface area contributed by atoms with E-state index >= 15 is 0 Å². The summed E-state index contributed by atoms with van der Waals surface area (Å²) in [4.78, 5) is 15.9. The second-order valence-electron chi connectivity index (χ2n) is 3.69. The minimum atomic E-state index is -0.140. The molecular weight excluding hydrogens is 280 g/mol. The number of anilines is 1. The van der Waals surface area contributed by atoms with Crippen LogP contribution in [0.2, 0.25) is 0 Å². The zero-order chi connectivity index (χ0) is 12.3. The van der Waals surface area contributed by atoms with Gasteiger partial charge in [-0.1, -0.05) is 12.1 Å². The molecule has 1 aromatic heterocycles. The molecule has 0 radical (unpaired) electrons. The Bertz CT molecular complexity index is 555. The number of hydrogen-bond donors (Lipinski definition) is 1. The van der Waals surface area contributed by atoms with Crippen LogP contribution in [-0.2, 0) is 0 Å². The molecule has 2 rings (SSSR count). The van der Waals surface area contributed by atoms with Gasteiger partial charge in [0, 0.05) is 17.4 Å². The average molecular weight is 291 g/mol. The van der Waals surface area contributed by atoms with E-state index in [1.807, 2.05) is 31.2 Å². The van der Waals surface area contributed by atoms with E-state index in [-0.39, 0.29) is 5.91 Å². The fraction of sp³-hybridized carbons (Fsp3) is 0.0769. The van der Waals surface area contributed by atoms with Crippen molar-refractivity contribution in [3.05, 3.63) is 58.3 Å². The Morgan fingerprint density at radius 2 is 2.12 bits per heavy atom. The number of pyridine rings is 1. The molecule has 0 saturated carbocycles. The van der Waals surface area contributed by atoms with E-state index in [9.17, 15) is 4.79 Å². The molecule has 0 aliphatic carbocycles. The molecule has 4 heteroatoms. The number of aromatic nitrogens is 1. The molecule has 86 valence electrons. The van der Waals surface area contributed by atoms with E-state index < -0.39 is 0 Å². The van der Waals surface area contributed by atoms with Crippen LogP contribution < -0.4 is 5.32 Å². The number of hydrogen-bond acceptors (Lipinski definition) is 2. The number of halogens is 1. The topological polar surface area (TPSA) is 42.0 Å². The third-order valence-electron chi connectivity index (χ3n) is 2.26. The van der Waals surface area contributed by atoms with E-state index in [2.05, 4.69) is 26.2 Å². The van der Waals surface area contributed by atoms with Gasteiger partial charge in [-0.2, -0.15) is 0 Å². The minimum absolute atomic E-state index is 0.140. The second kappa shape index (κ2) is 5.10. The lowest BCUT2D eigenvalue weighted by Gasteiger charge is -2.05. The smallest absolute Gasteiger partial charge is 0.255 e. The van der Waals surface area contributed by atoms with Crippen LogP contribution >= 0.6 is 15.9 Å². The molecule has 17 heavy (non-hydrogen) atoms. The number of nitrogens with zero attached hydrogens (tertiary/aromatic N) is 1. The van der Waals surface area contributed by atoms with Gasteiger partial charge in [0.25, 0.3) is 5.91 Å². The van der Waals surface area contributed by atoms with Crippen LogP contribution in [0.4, 0.5) is 5.69 Å². The zero-order valence-corrected chi connectivity index (χ0v) is 10.9. The fourth-order valence-corrected chi connectivity index (χ4v) is 1.83. The van der Waals surface area contributed by atoms with E-state index in [1.54, 1.807) is 18.3 Å². The fourth-order valence-electron chi connectivity index (χ4n) is 1.47. The molecule has 0 bridgehead atoms. The summed E-state index contributed by atoms with van der Waals surface area (Å²) in [6.07, 6.45) is 1.59. The molecule has 1 aromatic carbocycles. The summed E-state index contributed by atoms with van der Waals surface area (Å²) in [5.74, 6) is -0.140. The first-order valence-electron chi connectivity index (χ1n) is 5.15. The molecule has 1 N–H and O–H groups in total. The highest BCUT2D eigenvalue weighted by Crippen LogP contribution is 2.13. The van der Waals surface area contributed by atoms with E-state index in [1.165, 1.54) is 0 Å². The summed E-state index contributed by atoms with van der Waals surface area (Å²) in [6, 6.07) is 11.0. The summed E-state index contributed by atoms with van der Waals surface area (Å²) in [7, 11) is 0. The summed E-state index contributed by atoms with van der Waals surface area (Å²) in [6.45, 7) is 1.98. The lowest BCUT2D eigenvalue weighted by Crippen LogP contribution is -2.11. The van der Waals surface area contributed by atoms with Gasteiger partial charge < -0.3 is 5.32 Å². The summed E-state index contributed by atoms with van der Waals surface area (Å²) >= 11 is 3.24. The molecule has 2 aromatic rings. The third-order valence-corrected chi connectivity index (χ3v) is 2.70. The second-order valence-corrected chi connectivity index (χ2v) is 4.50.